The third kappa shape index (κ3) is 4.64. The predicted octanol–water partition coefficient (Wildman–Crippen LogP) is 1.36. The third-order valence-corrected chi connectivity index (χ3v) is 3.15. The lowest BCUT2D eigenvalue weighted by atomic mass is 10.2. The minimum absolute atomic E-state index is 0.0116. The van der Waals surface area contributed by atoms with E-state index in [1.807, 2.05) is 13.8 Å². The van der Waals surface area contributed by atoms with Gasteiger partial charge in [-0.25, -0.2) is 0 Å². The minimum atomic E-state index is -0.375. The lowest BCUT2D eigenvalue weighted by Gasteiger charge is -2.28. The van der Waals surface area contributed by atoms with E-state index in [-0.39, 0.29) is 37.2 Å². The number of rotatable bonds is 6. The molecule has 0 unspecified atom stereocenters. The summed E-state index contributed by atoms with van der Waals surface area (Å²) in [6.45, 7) is 3.83. The average molecular weight is 257 g/mol. The van der Waals surface area contributed by atoms with E-state index in [4.69, 9.17) is 4.74 Å². The fraction of sp³-hybridized carbons (Fsp3) is 0.846. The Labute approximate surface area is 108 Å². The molecule has 1 rings (SSSR count). The van der Waals surface area contributed by atoms with Gasteiger partial charge in [0.05, 0.1) is 13.2 Å². The maximum atomic E-state index is 12.1. The first kappa shape index (κ1) is 15.0. The number of amides is 1. The lowest BCUT2D eigenvalue weighted by Crippen LogP contribution is -2.44. The molecule has 1 aliphatic rings. The van der Waals surface area contributed by atoms with Crippen molar-refractivity contribution < 1.29 is 19.1 Å². The molecule has 0 radical (unpaired) electrons. The van der Waals surface area contributed by atoms with Crippen LogP contribution in [0.25, 0.3) is 0 Å². The SMILES string of the molecule is COC(=O)CN(C(=O)COC(C)C)C1CCCC1. The van der Waals surface area contributed by atoms with Gasteiger partial charge >= 0.3 is 5.97 Å². The molecule has 1 saturated carbocycles. The van der Waals surface area contributed by atoms with Crippen molar-refractivity contribution in [3.05, 3.63) is 0 Å². The normalized spacial score (nSPS) is 16.0. The number of ether oxygens (including phenoxy) is 2. The molecule has 18 heavy (non-hydrogen) atoms. The molecule has 0 aromatic rings. The van der Waals surface area contributed by atoms with Crippen LogP contribution in [-0.2, 0) is 19.1 Å². The highest BCUT2D eigenvalue weighted by atomic mass is 16.5. The molecule has 0 N–H and O–H groups in total. The van der Waals surface area contributed by atoms with Crippen molar-refractivity contribution in [2.75, 3.05) is 20.3 Å². The fourth-order valence-corrected chi connectivity index (χ4v) is 2.16. The van der Waals surface area contributed by atoms with Crippen LogP contribution in [0.2, 0.25) is 0 Å². The Morgan fingerprint density at radius 1 is 1.28 bits per heavy atom. The average Bonchev–Trinajstić information content (AvgIpc) is 2.86. The number of carbonyl (C=O) groups excluding carboxylic acids is 2. The van der Waals surface area contributed by atoms with Gasteiger partial charge in [-0.05, 0) is 26.7 Å². The van der Waals surface area contributed by atoms with Crippen LogP contribution in [0, 0.1) is 0 Å². The van der Waals surface area contributed by atoms with Crippen molar-refractivity contribution in [1.29, 1.82) is 0 Å². The zero-order valence-electron chi connectivity index (χ0n) is 11.5. The van der Waals surface area contributed by atoms with E-state index in [2.05, 4.69) is 4.74 Å². The molecule has 104 valence electrons. The molecule has 5 heteroatoms. The van der Waals surface area contributed by atoms with Gasteiger partial charge in [-0.2, -0.15) is 0 Å². The molecule has 1 fully saturated rings. The number of carbonyl (C=O) groups is 2. The van der Waals surface area contributed by atoms with Crippen molar-refractivity contribution in [3.8, 4) is 0 Å². The standard InChI is InChI=1S/C13H23NO4/c1-10(2)18-9-12(15)14(8-13(16)17-3)11-6-4-5-7-11/h10-11H,4-9H2,1-3H3. The van der Waals surface area contributed by atoms with E-state index in [1.54, 1.807) is 4.90 Å². The minimum Gasteiger partial charge on any atom is -0.468 e. The molecule has 0 bridgehead atoms. The predicted molar refractivity (Wildman–Crippen MR) is 67.1 cm³/mol. The van der Waals surface area contributed by atoms with Gasteiger partial charge in [-0.1, -0.05) is 12.8 Å². The van der Waals surface area contributed by atoms with E-state index in [9.17, 15) is 9.59 Å². The Morgan fingerprint density at radius 3 is 2.39 bits per heavy atom. The highest BCUT2D eigenvalue weighted by Crippen LogP contribution is 2.23. The molecular weight excluding hydrogens is 234 g/mol. The summed E-state index contributed by atoms with van der Waals surface area (Å²) in [5.41, 5.74) is 0. The second-order valence-electron chi connectivity index (χ2n) is 4.90. The zero-order chi connectivity index (χ0) is 13.5. The van der Waals surface area contributed by atoms with Crippen LogP contribution in [0.3, 0.4) is 0 Å². The molecule has 0 spiro atoms. The Balaban J connectivity index is 2.57. The summed E-state index contributed by atoms with van der Waals surface area (Å²) in [5, 5.41) is 0. The van der Waals surface area contributed by atoms with Crippen LogP contribution >= 0.6 is 0 Å². The van der Waals surface area contributed by atoms with Crippen molar-refractivity contribution in [2.45, 2.75) is 51.7 Å². The summed E-state index contributed by atoms with van der Waals surface area (Å²) < 4.78 is 9.96. The summed E-state index contributed by atoms with van der Waals surface area (Å²) in [5.74, 6) is -0.499. The van der Waals surface area contributed by atoms with Crippen LogP contribution < -0.4 is 0 Å². The summed E-state index contributed by atoms with van der Waals surface area (Å²) in [6, 6.07) is 0.160. The summed E-state index contributed by atoms with van der Waals surface area (Å²) in [4.78, 5) is 25.1. The van der Waals surface area contributed by atoms with Crippen molar-refractivity contribution >= 4 is 11.9 Å². The maximum Gasteiger partial charge on any atom is 0.325 e. The maximum absolute atomic E-state index is 12.1. The van der Waals surface area contributed by atoms with Crippen molar-refractivity contribution in [2.24, 2.45) is 0 Å². The van der Waals surface area contributed by atoms with Gasteiger partial charge < -0.3 is 14.4 Å². The van der Waals surface area contributed by atoms with Crippen LogP contribution in [0.4, 0.5) is 0 Å². The smallest absolute Gasteiger partial charge is 0.325 e. The molecule has 0 aromatic heterocycles. The zero-order valence-corrected chi connectivity index (χ0v) is 11.5. The third-order valence-electron chi connectivity index (χ3n) is 3.15. The van der Waals surface area contributed by atoms with Gasteiger partial charge in [-0.3, -0.25) is 9.59 Å². The summed E-state index contributed by atoms with van der Waals surface area (Å²) in [7, 11) is 1.34. The molecule has 0 aliphatic heterocycles. The van der Waals surface area contributed by atoms with E-state index in [0.717, 1.165) is 25.7 Å². The lowest BCUT2D eigenvalue weighted by molar-refractivity contribution is -0.151. The monoisotopic (exact) mass is 257 g/mol. The van der Waals surface area contributed by atoms with Gasteiger partial charge in [0.25, 0.3) is 0 Å². The van der Waals surface area contributed by atoms with Crippen LogP contribution in [0.5, 0.6) is 0 Å². The van der Waals surface area contributed by atoms with Crippen LogP contribution in [0.1, 0.15) is 39.5 Å². The number of esters is 1. The summed E-state index contributed by atoms with van der Waals surface area (Å²) in [6.07, 6.45) is 4.16. The Bertz CT molecular complexity index is 285. The van der Waals surface area contributed by atoms with Crippen LogP contribution in [0.15, 0.2) is 0 Å². The van der Waals surface area contributed by atoms with E-state index >= 15 is 0 Å². The molecule has 1 amide bonds. The topological polar surface area (TPSA) is 55.8 Å². The molecular formula is C13H23NO4. The van der Waals surface area contributed by atoms with Gasteiger partial charge in [-0.15, -0.1) is 0 Å². The number of hydrogen-bond acceptors (Lipinski definition) is 4. The fourth-order valence-electron chi connectivity index (χ4n) is 2.16. The largest absolute Gasteiger partial charge is 0.468 e. The Morgan fingerprint density at radius 2 is 1.89 bits per heavy atom. The molecule has 1 aliphatic carbocycles. The van der Waals surface area contributed by atoms with Gasteiger partial charge in [0.15, 0.2) is 0 Å². The molecule has 0 aromatic carbocycles. The summed E-state index contributed by atoms with van der Waals surface area (Å²) >= 11 is 0. The molecule has 5 nitrogen and oxygen atoms in total. The van der Waals surface area contributed by atoms with Gasteiger partial charge in [0.1, 0.15) is 13.2 Å². The number of methoxy groups -OCH3 is 1. The van der Waals surface area contributed by atoms with E-state index < -0.39 is 0 Å². The first-order chi connectivity index (χ1) is 8.54. The first-order valence-electron chi connectivity index (χ1n) is 6.52. The second kappa shape index (κ2) is 7.36. The van der Waals surface area contributed by atoms with Gasteiger partial charge in [0.2, 0.25) is 5.91 Å². The van der Waals surface area contributed by atoms with Crippen molar-refractivity contribution in [1.82, 2.24) is 4.90 Å². The van der Waals surface area contributed by atoms with Crippen LogP contribution in [-0.4, -0.2) is 49.2 Å². The first-order valence-corrected chi connectivity index (χ1v) is 6.52. The molecule has 0 saturated heterocycles. The van der Waals surface area contributed by atoms with E-state index in [0.29, 0.717) is 0 Å². The van der Waals surface area contributed by atoms with E-state index in [1.165, 1.54) is 7.11 Å². The highest BCUT2D eigenvalue weighted by molar-refractivity contribution is 5.83. The number of nitrogens with zero attached hydrogens (tertiary/aromatic N) is 1. The Hall–Kier alpha value is -1.10. The number of hydrogen-bond donors (Lipinski definition) is 0. The van der Waals surface area contributed by atoms with Crippen molar-refractivity contribution in [3.63, 3.8) is 0 Å². The molecule has 0 atom stereocenters. The quantitative estimate of drug-likeness (QED) is 0.674. The second-order valence-corrected chi connectivity index (χ2v) is 4.90. The van der Waals surface area contributed by atoms with Gasteiger partial charge in [0, 0.05) is 6.04 Å². The highest BCUT2D eigenvalue weighted by Gasteiger charge is 2.28. The Kier molecular flexibility index (Phi) is 6.12. The molecule has 0 heterocycles.